The molecule has 23 heavy (non-hydrogen) atoms. The smallest absolute Gasteiger partial charge is 0.253 e. The molecule has 0 radical (unpaired) electrons. The van der Waals surface area contributed by atoms with Crippen LogP contribution in [0.2, 0.25) is 0 Å². The quantitative estimate of drug-likeness (QED) is 0.660. The first-order valence-electron chi connectivity index (χ1n) is 8.16. The highest BCUT2D eigenvalue weighted by Gasteiger charge is 2.14. The van der Waals surface area contributed by atoms with Gasteiger partial charge in [0, 0.05) is 29.3 Å². The lowest BCUT2D eigenvalue weighted by Gasteiger charge is -2.23. The maximum atomic E-state index is 12.5. The van der Waals surface area contributed by atoms with E-state index in [-0.39, 0.29) is 5.91 Å². The number of carbonyl (C=O) groups is 1. The molecule has 0 spiro atoms. The molecular weight excluding hydrogens is 302 g/mol. The van der Waals surface area contributed by atoms with Crippen LogP contribution < -0.4 is 0 Å². The van der Waals surface area contributed by atoms with E-state index >= 15 is 0 Å². The number of benzene rings is 2. The van der Waals surface area contributed by atoms with Crippen molar-refractivity contribution in [3.63, 3.8) is 0 Å². The van der Waals surface area contributed by atoms with Gasteiger partial charge >= 0.3 is 0 Å². The number of nitrogens with zero attached hydrogens (tertiary/aromatic N) is 1. The van der Waals surface area contributed by atoms with Gasteiger partial charge in [0.1, 0.15) is 0 Å². The van der Waals surface area contributed by atoms with Gasteiger partial charge in [0.15, 0.2) is 0 Å². The average molecular weight is 327 g/mol. The normalized spacial score (nSPS) is 10.8. The van der Waals surface area contributed by atoms with Gasteiger partial charge in [0.25, 0.3) is 5.91 Å². The summed E-state index contributed by atoms with van der Waals surface area (Å²) in [5.74, 6) is 1.53. The zero-order valence-electron chi connectivity index (χ0n) is 14.2. The fraction of sp³-hybridized carbons (Fsp3) is 0.350. The third kappa shape index (κ3) is 5.43. The van der Waals surface area contributed by atoms with Gasteiger partial charge < -0.3 is 4.90 Å². The van der Waals surface area contributed by atoms with E-state index in [2.05, 4.69) is 50.2 Å². The summed E-state index contributed by atoms with van der Waals surface area (Å²) in [5, 5.41) is 0. The van der Waals surface area contributed by atoms with Crippen LogP contribution in [0, 0.1) is 5.92 Å². The SMILES string of the molecule is CCN(CC(C)C)C(=O)c1ccc(CSc2ccccc2)cc1. The Morgan fingerprint density at radius 1 is 1.04 bits per heavy atom. The van der Waals surface area contributed by atoms with Crippen LogP contribution in [0.15, 0.2) is 59.5 Å². The Balaban J connectivity index is 1.97. The van der Waals surface area contributed by atoms with E-state index in [9.17, 15) is 4.79 Å². The molecule has 0 aliphatic rings. The summed E-state index contributed by atoms with van der Waals surface area (Å²) in [4.78, 5) is 15.7. The van der Waals surface area contributed by atoms with Crippen molar-refractivity contribution in [2.75, 3.05) is 13.1 Å². The third-order valence-electron chi connectivity index (χ3n) is 3.60. The first-order valence-corrected chi connectivity index (χ1v) is 9.14. The minimum atomic E-state index is 0.128. The molecule has 0 N–H and O–H groups in total. The molecule has 0 aromatic heterocycles. The van der Waals surface area contributed by atoms with Gasteiger partial charge in [-0.3, -0.25) is 4.79 Å². The Labute approximate surface area is 143 Å². The predicted octanol–water partition coefficient (Wildman–Crippen LogP) is 5.10. The summed E-state index contributed by atoms with van der Waals surface area (Å²) in [6, 6.07) is 18.4. The second kappa shape index (κ2) is 8.78. The fourth-order valence-electron chi connectivity index (χ4n) is 2.41. The first kappa shape index (κ1) is 17.6. The molecule has 0 saturated carbocycles. The van der Waals surface area contributed by atoms with Gasteiger partial charge in [-0.25, -0.2) is 0 Å². The summed E-state index contributed by atoms with van der Waals surface area (Å²) in [5.41, 5.74) is 2.02. The predicted molar refractivity (Wildman–Crippen MR) is 98.9 cm³/mol. The highest BCUT2D eigenvalue weighted by Crippen LogP contribution is 2.22. The summed E-state index contributed by atoms with van der Waals surface area (Å²) in [6.45, 7) is 7.87. The summed E-state index contributed by atoms with van der Waals surface area (Å²) in [6.07, 6.45) is 0. The molecule has 122 valence electrons. The lowest BCUT2D eigenvalue weighted by atomic mass is 10.1. The lowest BCUT2D eigenvalue weighted by molar-refractivity contribution is 0.0746. The van der Waals surface area contributed by atoms with Crippen molar-refractivity contribution in [1.82, 2.24) is 4.90 Å². The molecule has 0 aliphatic carbocycles. The summed E-state index contributed by atoms with van der Waals surface area (Å²) >= 11 is 1.81. The monoisotopic (exact) mass is 327 g/mol. The molecule has 2 aromatic carbocycles. The maximum Gasteiger partial charge on any atom is 0.253 e. The summed E-state index contributed by atoms with van der Waals surface area (Å²) < 4.78 is 0. The standard InChI is InChI=1S/C20H25NOS/c1-4-21(14-16(2)3)20(22)18-12-10-17(11-13-18)15-23-19-8-6-5-7-9-19/h5-13,16H,4,14-15H2,1-3H3. The lowest BCUT2D eigenvalue weighted by Crippen LogP contribution is -2.33. The van der Waals surface area contributed by atoms with Crippen LogP contribution in [0.4, 0.5) is 0 Å². The molecule has 0 unspecified atom stereocenters. The molecule has 1 amide bonds. The Bertz CT molecular complexity index is 607. The molecule has 3 heteroatoms. The number of amides is 1. The van der Waals surface area contributed by atoms with E-state index in [1.807, 2.05) is 41.8 Å². The molecule has 2 rings (SSSR count). The molecule has 2 aromatic rings. The largest absolute Gasteiger partial charge is 0.339 e. The van der Waals surface area contributed by atoms with Crippen molar-refractivity contribution >= 4 is 17.7 Å². The van der Waals surface area contributed by atoms with Crippen molar-refractivity contribution in [2.45, 2.75) is 31.4 Å². The van der Waals surface area contributed by atoms with E-state index in [0.717, 1.165) is 24.4 Å². The fourth-order valence-corrected chi connectivity index (χ4v) is 3.28. The Morgan fingerprint density at radius 2 is 1.70 bits per heavy atom. The highest BCUT2D eigenvalue weighted by molar-refractivity contribution is 7.98. The van der Waals surface area contributed by atoms with Crippen molar-refractivity contribution in [2.24, 2.45) is 5.92 Å². The number of hydrogen-bond donors (Lipinski definition) is 0. The van der Waals surface area contributed by atoms with E-state index < -0.39 is 0 Å². The van der Waals surface area contributed by atoms with Gasteiger partial charge in [-0.15, -0.1) is 11.8 Å². The first-order chi connectivity index (χ1) is 11.1. The van der Waals surface area contributed by atoms with Crippen LogP contribution in [-0.4, -0.2) is 23.9 Å². The summed E-state index contributed by atoms with van der Waals surface area (Å²) in [7, 11) is 0. The molecule has 0 bridgehead atoms. The van der Waals surface area contributed by atoms with Gasteiger partial charge in [0.05, 0.1) is 0 Å². The Kier molecular flexibility index (Phi) is 6.72. The van der Waals surface area contributed by atoms with Gasteiger partial charge in [-0.2, -0.15) is 0 Å². The van der Waals surface area contributed by atoms with Crippen molar-refractivity contribution in [3.8, 4) is 0 Å². The molecule has 0 aliphatic heterocycles. The second-order valence-electron chi connectivity index (χ2n) is 6.04. The van der Waals surface area contributed by atoms with E-state index in [1.54, 1.807) is 0 Å². The number of rotatable bonds is 7. The zero-order chi connectivity index (χ0) is 16.7. The third-order valence-corrected chi connectivity index (χ3v) is 4.69. The Morgan fingerprint density at radius 3 is 2.26 bits per heavy atom. The van der Waals surface area contributed by atoms with E-state index in [4.69, 9.17) is 0 Å². The topological polar surface area (TPSA) is 20.3 Å². The van der Waals surface area contributed by atoms with E-state index in [1.165, 1.54) is 10.5 Å². The highest BCUT2D eigenvalue weighted by atomic mass is 32.2. The van der Waals surface area contributed by atoms with Crippen LogP contribution in [0.3, 0.4) is 0 Å². The Hall–Kier alpha value is -1.74. The van der Waals surface area contributed by atoms with Crippen LogP contribution >= 0.6 is 11.8 Å². The molecule has 0 saturated heterocycles. The zero-order valence-corrected chi connectivity index (χ0v) is 15.0. The molecule has 0 heterocycles. The number of carbonyl (C=O) groups excluding carboxylic acids is 1. The molecular formula is C20H25NOS. The molecule has 0 atom stereocenters. The van der Waals surface area contributed by atoms with Crippen molar-refractivity contribution < 1.29 is 4.79 Å². The van der Waals surface area contributed by atoms with Gasteiger partial charge in [0.2, 0.25) is 0 Å². The average Bonchev–Trinajstić information content (AvgIpc) is 2.58. The van der Waals surface area contributed by atoms with E-state index in [0.29, 0.717) is 5.92 Å². The van der Waals surface area contributed by atoms with Crippen molar-refractivity contribution in [3.05, 3.63) is 65.7 Å². The number of thioether (sulfide) groups is 1. The minimum Gasteiger partial charge on any atom is -0.339 e. The van der Waals surface area contributed by atoms with Gasteiger partial charge in [-0.05, 0) is 42.7 Å². The molecule has 0 fully saturated rings. The maximum absolute atomic E-state index is 12.5. The van der Waals surface area contributed by atoms with Crippen molar-refractivity contribution in [1.29, 1.82) is 0 Å². The molecule has 2 nitrogen and oxygen atoms in total. The van der Waals surface area contributed by atoms with Crippen LogP contribution in [0.25, 0.3) is 0 Å². The van der Waals surface area contributed by atoms with Gasteiger partial charge in [-0.1, -0.05) is 44.2 Å². The number of hydrogen-bond acceptors (Lipinski definition) is 2. The second-order valence-corrected chi connectivity index (χ2v) is 7.09. The van der Waals surface area contributed by atoms with Crippen LogP contribution in [0.5, 0.6) is 0 Å². The minimum absolute atomic E-state index is 0.128. The van der Waals surface area contributed by atoms with Crippen LogP contribution in [0.1, 0.15) is 36.7 Å². The van der Waals surface area contributed by atoms with Crippen LogP contribution in [-0.2, 0) is 5.75 Å².